The lowest BCUT2D eigenvalue weighted by atomic mass is 9.74. The fourth-order valence-electron chi connectivity index (χ4n) is 6.95. The van der Waals surface area contributed by atoms with Gasteiger partial charge in [0.25, 0.3) is 5.91 Å². The summed E-state index contributed by atoms with van der Waals surface area (Å²) in [6.45, 7) is 4.06. The van der Waals surface area contributed by atoms with Gasteiger partial charge >= 0.3 is 5.97 Å². The molecular formula is C28H37FN4O4. The summed E-state index contributed by atoms with van der Waals surface area (Å²) < 4.78 is 20.8. The lowest BCUT2D eigenvalue weighted by Crippen LogP contribution is -2.34. The monoisotopic (exact) mass is 512 g/mol. The van der Waals surface area contributed by atoms with Gasteiger partial charge in [-0.2, -0.15) is 0 Å². The zero-order valence-electron chi connectivity index (χ0n) is 21.6. The number of ketones is 1. The van der Waals surface area contributed by atoms with E-state index >= 15 is 4.39 Å². The molecule has 5 rings (SSSR count). The molecule has 5 N–H and O–H groups in total. The van der Waals surface area contributed by atoms with Crippen LogP contribution in [0.4, 0.5) is 15.8 Å². The molecule has 2 atom stereocenters. The standard InChI is InChI=1S/C28H37FN4O4/c1-28(2)12-22-25(23(34)13-28)18-4-3-5-21(18)33(22)16-10-19(29)26(27(31)36)20(11-16)32-15-6-8-17(9-7-15)37-24(35)14-30/h10-11,15,17-18,21,32H,3-9,12-14,30H2,1-2H3,(H2,31,36). The third-order valence-corrected chi connectivity index (χ3v) is 8.47. The van der Waals surface area contributed by atoms with Crippen LogP contribution in [0.15, 0.2) is 23.4 Å². The molecule has 2 saturated carbocycles. The van der Waals surface area contributed by atoms with Crippen molar-refractivity contribution in [2.24, 2.45) is 22.8 Å². The van der Waals surface area contributed by atoms with E-state index in [1.54, 1.807) is 0 Å². The quantitative estimate of drug-likeness (QED) is 0.495. The average Bonchev–Trinajstić information content (AvgIpc) is 3.38. The van der Waals surface area contributed by atoms with E-state index in [1.807, 2.05) is 6.07 Å². The van der Waals surface area contributed by atoms with E-state index in [1.165, 1.54) is 6.07 Å². The second kappa shape index (κ2) is 9.74. The molecule has 0 aromatic heterocycles. The van der Waals surface area contributed by atoms with E-state index in [-0.39, 0.29) is 47.4 Å². The molecule has 8 nitrogen and oxygen atoms in total. The Bertz CT molecular complexity index is 1160. The molecule has 0 radical (unpaired) electrons. The van der Waals surface area contributed by atoms with Crippen LogP contribution in [0.5, 0.6) is 0 Å². The minimum atomic E-state index is -0.828. The number of hydrogen-bond donors (Lipinski definition) is 3. The normalized spacial score (nSPS) is 28.6. The van der Waals surface area contributed by atoms with Gasteiger partial charge in [-0.05, 0) is 62.5 Å². The van der Waals surface area contributed by atoms with Crippen molar-refractivity contribution < 1.29 is 23.5 Å². The van der Waals surface area contributed by atoms with E-state index in [4.69, 9.17) is 16.2 Å². The van der Waals surface area contributed by atoms with Crippen LogP contribution in [0.3, 0.4) is 0 Å². The summed E-state index contributed by atoms with van der Waals surface area (Å²) >= 11 is 0. The summed E-state index contributed by atoms with van der Waals surface area (Å²) in [5.74, 6) is -1.52. The molecule has 37 heavy (non-hydrogen) atoms. The number of esters is 1. The van der Waals surface area contributed by atoms with Crippen molar-refractivity contribution in [2.75, 3.05) is 16.8 Å². The number of amides is 1. The van der Waals surface area contributed by atoms with Crippen molar-refractivity contribution in [2.45, 2.75) is 89.8 Å². The molecule has 1 aromatic carbocycles. The average molecular weight is 513 g/mol. The number of fused-ring (bicyclic) bond motifs is 2. The van der Waals surface area contributed by atoms with Gasteiger partial charge in [-0.25, -0.2) is 4.39 Å². The van der Waals surface area contributed by atoms with Crippen LogP contribution in [0.25, 0.3) is 0 Å². The minimum Gasteiger partial charge on any atom is -0.461 e. The van der Waals surface area contributed by atoms with Gasteiger partial charge in [0, 0.05) is 41.4 Å². The van der Waals surface area contributed by atoms with Gasteiger partial charge in [0.15, 0.2) is 5.78 Å². The van der Waals surface area contributed by atoms with Crippen molar-refractivity contribution in [1.29, 1.82) is 0 Å². The zero-order valence-corrected chi connectivity index (χ0v) is 21.6. The van der Waals surface area contributed by atoms with Crippen molar-refractivity contribution in [3.63, 3.8) is 0 Å². The Morgan fingerprint density at radius 2 is 1.86 bits per heavy atom. The van der Waals surface area contributed by atoms with E-state index in [2.05, 4.69) is 24.1 Å². The van der Waals surface area contributed by atoms with Crippen LogP contribution >= 0.6 is 0 Å². The maximum Gasteiger partial charge on any atom is 0.319 e. The van der Waals surface area contributed by atoms with Crippen molar-refractivity contribution in [3.05, 3.63) is 34.8 Å². The molecule has 4 aliphatic rings. The number of carbonyl (C=O) groups is 3. The number of benzene rings is 1. The predicted molar refractivity (Wildman–Crippen MR) is 138 cm³/mol. The number of rotatable bonds is 6. The summed E-state index contributed by atoms with van der Waals surface area (Å²) in [5.41, 5.74) is 13.6. The molecule has 1 heterocycles. The second-order valence-corrected chi connectivity index (χ2v) is 11.8. The highest BCUT2D eigenvalue weighted by molar-refractivity contribution is 6.01. The van der Waals surface area contributed by atoms with Gasteiger partial charge in [0.05, 0.1) is 17.8 Å². The zero-order chi connectivity index (χ0) is 26.5. The lowest BCUT2D eigenvalue weighted by Gasteiger charge is -2.36. The molecular weight excluding hydrogens is 475 g/mol. The molecule has 2 unspecified atom stereocenters. The van der Waals surface area contributed by atoms with Gasteiger partial charge in [0.1, 0.15) is 11.9 Å². The highest BCUT2D eigenvalue weighted by Gasteiger charge is 2.50. The van der Waals surface area contributed by atoms with Crippen molar-refractivity contribution in [3.8, 4) is 0 Å². The maximum absolute atomic E-state index is 15.5. The van der Waals surface area contributed by atoms with E-state index in [0.29, 0.717) is 43.5 Å². The number of allylic oxidation sites excluding steroid dienone is 1. The Morgan fingerprint density at radius 1 is 1.14 bits per heavy atom. The summed E-state index contributed by atoms with van der Waals surface area (Å²) in [7, 11) is 0. The predicted octanol–water partition coefficient (Wildman–Crippen LogP) is 3.78. The molecule has 0 saturated heterocycles. The molecule has 3 aliphatic carbocycles. The molecule has 9 heteroatoms. The summed E-state index contributed by atoms with van der Waals surface area (Å²) in [6, 6.07) is 3.32. The first kappa shape index (κ1) is 25.7. The van der Waals surface area contributed by atoms with Crippen LogP contribution < -0.4 is 21.7 Å². The number of hydrogen-bond acceptors (Lipinski definition) is 7. The molecule has 200 valence electrons. The highest BCUT2D eigenvalue weighted by atomic mass is 19.1. The van der Waals surface area contributed by atoms with Gasteiger partial charge in [0.2, 0.25) is 0 Å². The number of Topliss-reactive ketones (excluding diaryl/α,β-unsaturated/α-hetero) is 1. The molecule has 2 fully saturated rings. The Kier molecular flexibility index (Phi) is 6.77. The van der Waals surface area contributed by atoms with E-state index in [0.717, 1.165) is 37.0 Å². The van der Waals surface area contributed by atoms with Crippen LogP contribution in [0, 0.1) is 17.2 Å². The van der Waals surface area contributed by atoms with Gasteiger partial charge in [-0.3, -0.25) is 14.4 Å². The number of ether oxygens (including phenoxy) is 1. The van der Waals surface area contributed by atoms with Crippen molar-refractivity contribution in [1.82, 2.24) is 0 Å². The number of primary amides is 1. The Hall–Kier alpha value is -2.94. The van der Waals surface area contributed by atoms with Gasteiger partial charge < -0.3 is 26.4 Å². The first-order valence-corrected chi connectivity index (χ1v) is 13.4. The van der Waals surface area contributed by atoms with Crippen LogP contribution in [0.1, 0.15) is 82.0 Å². The van der Waals surface area contributed by atoms with Crippen LogP contribution in [0.2, 0.25) is 0 Å². The molecule has 0 spiro atoms. The number of carbonyl (C=O) groups excluding carboxylic acids is 3. The topological polar surface area (TPSA) is 128 Å². The number of nitrogens with two attached hydrogens (primary N) is 2. The third kappa shape index (κ3) is 4.85. The maximum atomic E-state index is 15.5. The first-order chi connectivity index (χ1) is 17.6. The number of nitrogens with zero attached hydrogens (tertiary/aromatic N) is 1. The van der Waals surface area contributed by atoms with Crippen molar-refractivity contribution >= 4 is 29.0 Å². The minimum absolute atomic E-state index is 0.0247. The third-order valence-electron chi connectivity index (χ3n) is 8.47. The Morgan fingerprint density at radius 3 is 2.54 bits per heavy atom. The smallest absolute Gasteiger partial charge is 0.319 e. The van der Waals surface area contributed by atoms with E-state index in [9.17, 15) is 14.4 Å². The Balaban J connectivity index is 1.45. The highest BCUT2D eigenvalue weighted by Crippen LogP contribution is 2.53. The van der Waals surface area contributed by atoms with Gasteiger partial charge in [-0.15, -0.1) is 0 Å². The summed E-state index contributed by atoms with van der Waals surface area (Å²) in [4.78, 5) is 39.2. The lowest BCUT2D eigenvalue weighted by molar-refractivity contribution is -0.148. The first-order valence-electron chi connectivity index (χ1n) is 13.4. The number of nitrogens with one attached hydrogen (secondary N) is 1. The Labute approximate surface area is 217 Å². The number of anilines is 2. The number of halogens is 1. The molecule has 1 aromatic rings. The van der Waals surface area contributed by atoms with Gasteiger partial charge in [-0.1, -0.05) is 20.3 Å². The van der Waals surface area contributed by atoms with Crippen LogP contribution in [-0.4, -0.2) is 42.4 Å². The second-order valence-electron chi connectivity index (χ2n) is 11.8. The SMILES string of the molecule is CC1(C)CC(=O)C2=C(C1)N(c1cc(F)c(C(N)=O)c(NC3CCC(OC(=O)CN)CC3)c1)C1CCCC21. The van der Waals surface area contributed by atoms with E-state index < -0.39 is 17.7 Å². The fourth-order valence-corrected chi connectivity index (χ4v) is 6.95. The molecule has 0 bridgehead atoms. The van der Waals surface area contributed by atoms with Crippen LogP contribution in [-0.2, 0) is 14.3 Å². The molecule has 1 aliphatic heterocycles. The summed E-state index contributed by atoms with van der Waals surface area (Å²) in [5, 5.41) is 3.36. The largest absolute Gasteiger partial charge is 0.461 e. The molecule has 1 amide bonds. The fraction of sp³-hybridized carbons (Fsp3) is 0.607. The summed E-state index contributed by atoms with van der Waals surface area (Å²) in [6.07, 6.45) is 6.75.